The van der Waals surface area contributed by atoms with Crippen LogP contribution in [0.3, 0.4) is 0 Å². The van der Waals surface area contributed by atoms with Crippen molar-refractivity contribution in [3.05, 3.63) is 93.1 Å². The first-order valence-electron chi connectivity index (χ1n) is 12.7. The number of halogens is 2. The molecule has 1 aliphatic heterocycles. The van der Waals surface area contributed by atoms with Crippen LogP contribution in [0, 0.1) is 23.8 Å². The van der Waals surface area contributed by atoms with Crippen LogP contribution in [-0.4, -0.2) is 46.5 Å². The normalized spacial score (nSPS) is 15.5. The van der Waals surface area contributed by atoms with E-state index >= 15 is 0 Å². The van der Waals surface area contributed by atoms with Crippen molar-refractivity contribution < 1.29 is 9.53 Å². The number of amides is 1. The quantitative estimate of drug-likeness (QED) is 0.310. The Bertz CT molecular complexity index is 1360. The summed E-state index contributed by atoms with van der Waals surface area (Å²) in [6, 6.07) is 15.0. The molecule has 2 aromatic heterocycles. The summed E-state index contributed by atoms with van der Waals surface area (Å²) in [5.41, 5.74) is 2.10. The summed E-state index contributed by atoms with van der Waals surface area (Å²) < 4.78 is 6.37. The van der Waals surface area contributed by atoms with E-state index in [0.717, 1.165) is 37.9 Å². The molecule has 200 valence electrons. The zero-order chi connectivity index (χ0) is 27.8. The number of carbonyl (C=O) groups is 1. The Morgan fingerprint density at radius 2 is 1.90 bits per heavy atom. The average molecular weight is 563 g/mol. The minimum absolute atomic E-state index is 0.227. The maximum absolute atomic E-state index is 12.6. The van der Waals surface area contributed by atoms with E-state index < -0.39 is 0 Å². The first-order chi connectivity index (χ1) is 18.9. The van der Waals surface area contributed by atoms with Crippen LogP contribution in [0.4, 0.5) is 5.69 Å². The van der Waals surface area contributed by atoms with Gasteiger partial charge in [0.2, 0.25) is 5.88 Å². The number of rotatable bonds is 9. The lowest BCUT2D eigenvalue weighted by atomic mass is 9.86. The zero-order valence-corrected chi connectivity index (χ0v) is 23.0. The van der Waals surface area contributed by atoms with Gasteiger partial charge in [-0.05, 0) is 50.9 Å². The van der Waals surface area contributed by atoms with Crippen LogP contribution < -0.4 is 10.1 Å². The van der Waals surface area contributed by atoms with Gasteiger partial charge in [0.25, 0.3) is 5.91 Å². The Kier molecular flexibility index (Phi) is 9.73. The number of nitrogens with zero attached hydrogens (tertiary/aromatic N) is 5. The summed E-state index contributed by atoms with van der Waals surface area (Å²) in [6.45, 7) is 11.7. The molecule has 0 saturated carbocycles. The first-order valence-corrected chi connectivity index (χ1v) is 13.5. The van der Waals surface area contributed by atoms with E-state index in [9.17, 15) is 10.1 Å². The highest BCUT2D eigenvalue weighted by Crippen LogP contribution is 2.36. The van der Waals surface area contributed by atoms with Gasteiger partial charge < -0.3 is 15.0 Å². The van der Waals surface area contributed by atoms with E-state index in [4.69, 9.17) is 34.5 Å². The number of hydrogen-bond acceptors (Lipinski definition) is 6. The summed E-state index contributed by atoms with van der Waals surface area (Å²) in [7, 11) is 0. The smallest absolute Gasteiger partial charge is 0.254 e. The highest BCUT2D eigenvalue weighted by molar-refractivity contribution is 6.39. The highest BCUT2D eigenvalue weighted by Gasteiger charge is 2.31. The van der Waals surface area contributed by atoms with Crippen LogP contribution in [0.25, 0.3) is 4.85 Å². The summed E-state index contributed by atoms with van der Waals surface area (Å²) in [5, 5.41) is 12.6. The summed E-state index contributed by atoms with van der Waals surface area (Å²) in [5.74, 6) is 0.335. The van der Waals surface area contributed by atoms with Crippen molar-refractivity contribution in [2.24, 2.45) is 5.92 Å². The molecule has 2 unspecified atom stereocenters. The van der Waals surface area contributed by atoms with Crippen LogP contribution >= 0.6 is 23.2 Å². The van der Waals surface area contributed by atoms with Crippen LogP contribution in [0.1, 0.15) is 53.9 Å². The fraction of sp³-hybridized carbons (Fsp3) is 0.345. The van der Waals surface area contributed by atoms with Gasteiger partial charge in [0, 0.05) is 37.0 Å². The molecule has 39 heavy (non-hydrogen) atoms. The van der Waals surface area contributed by atoms with Gasteiger partial charge >= 0.3 is 0 Å². The minimum atomic E-state index is -0.309. The van der Waals surface area contributed by atoms with Gasteiger partial charge in [0.1, 0.15) is 17.9 Å². The van der Waals surface area contributed by atoms with E-state index in [1.54, 1.807) is 30.3 Å². The molecule has 1 saturated heterocycles. The number of nitriles is 1. The molecule has 3 aromatic rings. The molecule has 10 heteroatoms. The Morgan fingerprint density at radius 1 is 1.21 bits per heavy atom. The summed E-state index contributed by atoms with van der Waals surface area (Å²) in [6.07, 6.45) is 5.15. The Balaban J connectivity index is 1.36. The Labute approximate surface area is 238 Å². The fourth-order valence-electron chi connectivity index (χ4n) is 4.80. The van der Waals surface area contributed by atoms with E-state index in [0.29, 0.717) is 23.8 Å². The standard InChI is InChI=1S/C29H28Cl2N6O2/c1-19(10-13-35-29(38)27-24(30)17-34-18-25(27)31)37-14-11-21(12-15-37)28(20-6-8-22(33-2)9-7-20)39-26-5-3-4-23(16-32)36-26/h3-9,17-19,21,28H,10-15H2,1H3,(H,35,38). The second-order valence-electron chi connectivity index (χ2n) is 9.46. The molecule has 1 fully saturated rings. The molecular formula is C29H28Cl2N6O2. The van der Waals surface area contributed by atoms with E-state index in [1.165, 1.54) is 12.4 Å². The molecule has 0 spiro atoms. The highest BCUT2D eigenvalue weighted by atomic mass is 35.5. The van der Waals surface area contributed by atoms with Gasteiger partial charge in [0.05, 0.1) is 22.2 Å². The molecule has 0 aliphatic carbocycles. The van der Waals surface area contributed by atoms with Crippen molar-refractivity contribution in [3.8, 4) is 11.9 Å². The lowest BCUT2D eigenvalue weighted by Crippen LogP contribution is -2.43. The maximum atomic E-state index is 12.6. The van der Waals surface area contributed by atoms with Crippen LogP contribution in [0.5, 0.6) is 5.88 Å². The lowest BCUT2D eigenvalue weighted by Gasteiger charge is -2.39. The van der Waals surface area contributed by atoms with E-state index in [1.807, 2.05) is 12.1 Å². The van der Waals surface area contributed by atoms with Crippen molar-refractivity contribution in [2.75, 3.05) is 19.6 Å². The Morgan fingerprint density at radius 3 is 2.54 bits per heavy atom. The number of aromatic nitrogens is 2. The third-order valence-corrected chi connectivity index (χ3v) is 7.56. The van der Waals surface area contributed by atoms with Crippen molar-refractivity contribution in [1.29, 1.82) is 5.26 Å². The average Bonchev–Trinajstić information content (AvgIpc) is 2.96. The minimum Gasteiger partial charge on any atom is -0.469 e. The SMILES string of the molecule is [C-]#[N+]c1ccc(C(Oc2cccc(C#N)n2)C2CCN(C(C)CCNC(=O)c3c(Cl)cncc3Cl)CC2)cc1. The van der Waals surface area contributed by atoms with Crippen molar-refractivity contribution in [3.63, 3.8) is 0 Å². The monoisotopic (exact) mass is 562 g/mol. The number of piperidine rings is 1. The lowest BCUT2D eigenvalue weighted by molar-refractivity contribution is 0.0580. The predicted octanol–water partition coefficient (Wildman–Crippen LogP) is 6.25. The molecule has 2 atom stereocenters. The van der Waals surface area contributed by atoms with Gasteiger partial charge in [-0.1, -0.05) is 53.5 Å². The number of ether oxygens (including phenoxy) is 1. The van der Waals surface area contributed by atoms with Gasteiger partial charge in [0.15, 0.2) is 5.69 Å². The maximum Gasteiger partial charge on any atom is 0.254 e. The van der Waals surface area contributed by atoms with Crippen molar-refractivity contribution >= 4 is 34.8 Å². The van der Waals surface area contributed by atoms with Crippen LogP contribution in [0.2, 0.25) is 10.0 Å². The molecule has 1 N–H and O–H groups in total. The second-order valence-corrected chi connectivity index (χ2v) is 10.3. The largest absolute Gasteiger partial charge is 0.469 e. The molecule has 0 radical (unpaired) electrons. The number of hydrogen-bond donors (Lipinski definition) is 1. The topological polar surface area (TPSA) is 95.5 Å². The summed E-state index contributed by atoms with van der Waals surface area (Å²) >= 11 is 12.2. The number of carbonyl (C=O) groups excluding carboxylic acids is 1. The van der Waals surface area contributed by atoms with Gasteiger partial charge in [-0.2, -0.15) is 5.26 Å². The molecule has 1 amide bonds. The van der Waals surface area contributed by atoms with Gasteiger partial charge in [-0.15, -0.1) is 0 Å². The number of likely N-dealkylation sites (tertiary alicyclic amines) is 1. The van der Waals surface area contributed by atoms with Gasteiger partial charge in [-0.3, -0.25) is 9.78 Å². The predicted molar refractivity (Wildman–Crippen MR) is 150 cm³/mol. The molecular weight excluding hydrogens is 535 g/mol. The van der Waals surface area contributed by atoms with Crippen molar-refractivity contribution in [2.45, 2.75) is 38.3 Å². The Hall–Kier alpha value is -3.69. The summed E-state index contributed by atoms with van der Waals surface area (Å²) in [4.78, 5) is 26.7. The van der Waals surface area contributed by atoms with Gasteiger partial charge in [-0.25, -0.2) is 9.83 Å². The second kappa shape index (κ2) is 13.4. The van der Waals surface area contributed by atoms with Crippen LogP contribution in [-0.2, 0) is 0 Å². The van der Waals surface area contributed by atoms with Crippen molar-refractivity contribution in [1.82, 2.24) is 20.2 Å². The molecule has 1 aliphatic rings. The molecule has 3 heterocycles. The number of benzene rings is 1. The molecule has 4 rings (SSSR count). The zero-order valence-electron chi connectivity index (χ0n) is 21.5. The molecule has 8 nitrogen and oxygen atoms in total. The number of pyridine rings is 2. The van der Waals surface area contributed by atoms with E-state index in [-0.39, 0.29) is 39.6 Å². The first kappa shape index (κ1) is 28.3. The third-order valence-electron chi connectivity index (χ3n) is 6.99. The third kappa shape index (κ3) is 7.25. The molecule has 0 bridgehead atoms. The molecule has 1 aromatic carbocycles. The van der Waals surface area contributed by atoms with E-state index in [2.05, 4.69) is 38.0 Å². The van der Waals surface area contributed by atoms with Crippen LogP contribution in [0.15, 0.2) is 54.9 Å². The fourth-order valence-corrected chi connectivity index (χ4v) is 5.34. The number of nitrogens with one attached hydrogen (secondary N) is 1.